The maximum atomic E-state index is 13.0. The summed E-state index contributed by atoms with van der Waals surface area (Å²) in [5.74, 6) is -0.617. The zero-order valence-corrected chi connectivity index (χ0v) is 12.5. The van der Waals surface area contributed by atoms with Crippen LogP contribution in [0.3, 0.4) is 0 Å². The molecule has 0 saturated heterocycles. The lowest BCUT2D eigenvalue weighted by atomic mass is 9.98. The van der Waals surface area contributed by atoms with Gasteiger partial charge in [0.15, 0.2) is 0 Å². The van der Waals surface area contributed by atoms with Crippen molar-refractivity contribution >= 4 is 21.9 Å². The van der Waals surface area contributed by atoms with Crippen LogP contribution in [0.15, 0.2) is 46.9 Å². The summed E-state index contributed by atoms with van der Waals surface area (Å²) in [5, 5.41) is 0. The second kappa shape index (κ2) is 5.89. The van der Waals surface area contributed by atoms with Crippen LogP contribution in [-0.2, 0) is 10.9 Å². The molecule has 0 atom stereocenters. The number of rotatable bonds is 2. The average molecular weight is 359 g/mol. The van der Waals surface area contributed by atoms with Crippen molar-refractivity contribution in [2.75, 3.05) is 7.11 Å². The number of carbonyl (C=O) groups excluding carboxylic acids is 1. The Morgan fingerprint density at radius 1 is 1.14 bits per heavy atom. The summed E-state index contributed by atoms with van der Waals surface area (Å²) in [4.78, 5) is 11.6. The molecule has 0 aliphatic heterocycles. The monoisotopic (exact) mass is 358 g/mol. The molecule has 6 heteroatoms. The number of hydrogen-bond acceptors (Lipinski definition) is 2. The molecule has 0 aliphatic carbocycles. The molecule has 0 bridgehead atoms. The topological polar surface area (TPSA) is 26.3 Å². The molecule has 0 amide bonds. The minimum absolute atomic E-state index is 0.0163. The van der Waals surface area contributed by atoms with Crippen LogP contribution < -0.4 is 0 Å². The van der Waals surface area contributed by atoms with E-state index in [0.717, 1.165) is 6.07 Å². The van der Waals surface area contributed by atoms with Crippen LogP contribution in [0.2, 0.25) is 0 Å². The van der Waals surface area contributed by atoms with Gasteiger partial charge in [-0.15, -0.1) is 0 Å². The maximum absolute atomic E-state index is 13.0. The standard InChI is InChI=1S/C15H10BrF3O2/c1-21-14(20)11-8-9(6-7-13(11)16)10-4-2-3-5-12(10)15(17,18)19/h2-8H,1H3. The molecule has 2 aromatic carbocycles. The van der Waals surface area contributed by atoms with E-state index in [2.05, 4.69) is 20.7 Å². The molecule has 0 aliphatic rings. The Kier molecular flexibility index (Phi) is 4.37. The van der Waals surface area contributed by atoms with E-state index < -0.39 is 17.7 Å². The van der Waals surface area contributed by atoms with Crippen LogP contribution in [0.4, 0.5) is 13.2 Å². The summed E-state index contributed by atoms with van der Waals surface area (Å²) < 4.78 is 44.2. The second-order valence-corrected chi connectivity index (χ2v) is 5.08. The predicted molar refractivity (Wildman–Crippen MR) is 75.9 cm³/mol. The Morgan fingerprint density at radius 2 is 1.81 bits per heavy atom. The number of hydrogen-bond donors (Lipinski definition) is 0. The Morgan fingerprint density at radius 3 is 2.43 bits per heavy atom. The summed E-state index contributed by atoms with van der Waals surface area (Å²) in [6, 6.07) is 9.63. The first kappa shape index (κ1) is 15.6. The summed E-state index contributed by atoms with van der Waals surface area (Å²) in [6.07, 6.45) is -4.46. The molecule has 2 rings (SSSR count). The molecule has 0 N–H and O–H groups in total. The number of ether oxygens (including phenoxy) is 1. The van der Waals surface area contributed by atoms with Gasteiger partial charge < -0.3 is 4.74 Å². The quantitative estimate of drug-likeness (QED) is 0.712. The summed E-state index contributed by atoms with van der Waals surface area (Å²) in [6.45, 7) is 0. The van der Waals surface area contributed by atoms with Gasteiger partial charge in [-0.05, 0) is 45.3 Å². The SMILES string of the molecule is COC(=O)c1cc(-c2ccccc2C(F)(F)F)ccc1Br. The molecule has 2 aromatic rings. The van der Waals surface area contributed by atoms with E-state index in [-0.39, 0.29) is 11.1 Å². The van der Waals surface area contributed by atoms with Crippen LogP contribution in [0.5, 0.6) is 0 Å². The van der Waals surface area contributed by atoms with Crippen molar-refractivity contribution in [2.24, 2.45) is 0 Å². The van der Waals surface area contributed by atoms with Crippen molar-refractivity contribution in [1.29, 1.82) is 0 Å². The maximum Gasteiger partial charge on any atom is 0.417 e. The van der Waals surface area contributed by atoms with E-state index in [0.29, 0.717) is 10.0 Å². The first-order valence-electron chi connectivity index (χ1n) is 5.89. The van der Waals surface area contributed by atoms with Gasteiger partial charge in [0.05, 0.1) is 18.2 Å². The highest BCUT2D eigenvalue weighted by Gasteiger charge is 2.33. The van der Waals surface area contributed by atoms with Crippen molar-refractivity contribution in [3.63, 3.8) is 0 Å². The number of methoxy groups -OCH3 is 1. The van der Waals surface area contributed by atoms with Crippen LogP contribution in [-0.4, -0.2) is 13.1 Å². The molecular formula is C15H10BrF3O2. The van der Waals surface area contributed by atoms with Gasteiger partial charge in [-0.3, -0.25) is 0 Å². The predicted octanol–water partition coefficient (Wildman–Crippen LogP) is 4.92. The number of alkyl halides is 3. The minimum atomic E-state index is -4.46. The third-order valence-electron chi connectivity index (χ3n) is 2.92. The Bertz CT molecular complexity index is 681. The van der Waals surface area contributed by atoms with Crippen molar-refractivity contribution < 1.29 is 22.7 Å². The van der Waals surface area contributed by atoms with Gasteiger partial charge in [-0.2, -0.15) is 13.2 Å². The molecule has 0 unspecified atom stereocenters. The van der Waals surface area contributed by atoms with Gasteiger partial charge in [0.1, 0.15) is 0 Å². The zero-order valence-electron chi connectivity index (χ0n) is 10.9. The van der Waals surface area contributed by atoms with E-state index >= 15 is 0 Å². The fraction of sp³-hybridized carbons (Fsp3) is 0.133. The van der Waals surface area contributed by atoms with Gasteiger partial charge in [0, 0.05) is 4.47 Å². The lowest BCUT2D eigenvalue weighted by molar-refractivity contribution is -0.137. The fourth-order valence-electron chi connectivity index (χ4n) is 1.94. The number of carbonyl (C=O) groups is 1. The normalized spacial score (nSPS) is 11.3. The minimum Gasteiger partial charge on any atom is -0.465 e. The van der Waals surface area contributed by atoms with E-state index in [1.54, 1.807) is 0 Å². The van der Waals surface area contributed by atoms with Crippen molar-refractivity contribution in [3.05, 3.63) is 58.1 Å². The molecule has 0 aromatic heterocycles. The second-order valence-electron chi connectivity index (χ2n) is 4.23. The van der Waals surface area contributed by atoms with E-state index in [1.165, 1.54) is 43.5 Å². The highest BCUT2D eigenvalue weighted by Crippen LogP contribution is 2.37. The van der Waals surface area contributed by atoms with Crippen molar-refractivity contribution in [1.82, 2.24) is 0 Å². The van der Waals surface area contributed by atoms with E-state index in [9.17, 15) is 18.0 Å². The number of esters is 1. The van der Waals surface area contributed by atoms with Crippen molar-refractivity contribution in [3.8, 4) is 11.1 Å². The Labute approximate surface area is 127 Å². The summed E-state index contributed by atoms with van der Waals surface area (Å²) in [5.41, 5.74) is -0.260. The van der Waals surface area contributed by atoms with Crippen LogP contribution in [0.25, 0.3) is 11.1 Å². The van der Waals surface area contributed by atoms with E-state index in [1.807, 2.05) is 0 Å². The highest BCUT2D eigenvalue weighted by molar-refractivity contribution is 9.10. The molecule has 110 valence electrons. The number of benzene rings is 2. The highest BCUT2D eigenvalue weighted by atomic mass is 79.9. The molecule has 0 spiro atoms. The third-order valence-corrected chi connectivity index (χ3v) is 3.61. The molecule has 21 heavy (non-hydrogen) atoms. The van der Waals surface area contributed by atoms with Gasteiger partial charge in [-0.25, -0.2) is 4.79 Å². The summed E-state index contributed by atoms with van der Waals surface area (Å²) in [7, 11) is 1.21. The number of halogens is 4. The smallest absolute Gasteiger partial charge is 0.417 e. The lowest BCUT2D eigenvalue weighted by Gasteiger charge is -2.13. The molecule has 0 heterocycles. The first-order valence-corrected chi connectivity index (χ1v) is 6.68. The van der Waals surface area contributed by atoms with E-state index in [4.69, 9.17) is 0 Å². The fourth-order valence-corrected chi connectivity index (χ4v) is 2.35. The van der Waals surface area contributed by atoms with Crippen LogP contribution in [0, 0.1) is 0 Å². The molecule has 0 saturated carbocycles. The van der Waals surface area contributed by atoms with Gasteiger partial charge in [-0.1, -0.05) is 24.3 Å². The largest absolute Gasteiger partial charge is 0.465 e. The molecule has 0 radical (unpaired) electrons. The van der Waals surface area contributed by atoms with Gasteiger partial charge in [0.2, 0.25) is 0 Å². The van der Waals surface area contributed by atoms with Crippen molar-refractivity contribution in [2.45, 2.75) is 6.18 Å². The summed E-state index contributed by atoms with van der Waals surface area (Å²) >= 11 is 3.18. The first-order chi connectivity index (χ1) is 9.84. The molecular weight excluding hydrogens is 349 g/mol. The zero-order chi connectivity index (χ0) is 15.6. The lowest BCUT2D eigenvalue weighted by Crippen LogP contribution is -2.07. The van der Waals surface area contributed by atoms with Gasteiger partial charge in [0.25, 0.3) is 0 Å². The Balaban J connectivity index is 2.61. The molecule has 0 fully saturated rings. The molecule has 2 nitrogen and oxygen atoms in total. The Hall–Kier alpha value is -1.82. The van der Waals surface area contributed by atoms with Gasteiger partial charge >= 0.3 is 12.1 Å². The van der Waals surface area contributed by atoms with Crippen LogP contribution in [0.1, 0.15) is 15.9 Å². The average Bonchev–Trinajstić information content (AvgIpc) is 2.46. The third kappa shape index (κ3) is 3.26. The van der Waals surface area contributed by atoms with Crippen LogP contribution >= 0.6 is 15.9 Å².